The van der Waals surface area contributed by atoms with Gasteiger partial charge in [-0.2, -0.15) is 4.31 Å². The van der Waals surface area contributed by atoms with E-state index in [4.69, 9.17) is 10.5 Å². The molecular formula is C14H20N2O4S. The van der Waals surface area contributed by atoms with Gasteiger partial charge in [0.2, 0.25) is 10.0 Å². The van der Waals surface area contributed by atoms with Gasteiger partial charge in [-0.25, -0.2) is 8.42 Å². The lowest BCUT2D eigenvalue weighted by atomic mass is 9.98. The molecule has 2 rings (SSSR count). The molecule has 0 aromatic heterocycles. The Morgan fingerprint density at radius 2 is 1.95 bits per heavy atom. The number of hydrogen-bond donors (Lipinski definition) is 1. The lowest BCUT2D eigenvalue weighted by Gasteiger charge is -2.30. The first kappa shape index (κ1) is 15.8. The van der Waals surface area contributed by atoms with E-state index in [1.54, 1.807) is 25.1 Å². The lowest BCUT2D eigenvalue weighted by Crippen LogP contribution is -2.40. The minimum Gasteiger partial charge on any atom is -0.466 e. The maximum atomic E-state index is 12.5. The van der Waals surface area contributed by atoms with Crippen LogP contribution in [-0.4, -0.2) is 38.4 Å². The molecule has 0 amide bonds. The molecule has 1 fully saturated rings. The summed E-state index contributed by atoms with van der Waals surface area (Å²) in [5.74, 6) is -0.460. The van der Waals surface area contributed by atoms with Crippen LogP contribution < -0.4 is 5.73 Å². The van der Waals surface area contributed by atoms with E-state index in [1.165, 1.54) is 10.4 Å². The Balaban J connectivity index is 2.08. The van der Waals surface area contributed by atoms with Crippen LogP contribution in [0.2, 0.25) is 0 Å². The topological polar surface area (TPSA) is 89.7 Å². The summed E-state index contributed by atoms with van der Waals surface area (Å²) in [6, 6.07) is 6.41. The summed E-state index contributed by atoms with van der Waals surface area (Å²) < 4.78 is 31.4. The fourth-order valence-electron chi connectivity index (χ4n) is 2.45. The number of benzene rings is 1. The maximum absolute atomic E-state index is 12.5. The van der Waals surface area contributed by atoms with E-state index in [0.717, 1.165) is 0 Å². The number of carbonyl (C=O) groups excluding carboxylic acids is 1. The second-order valence-corrected chi connectivity index (χ2v) is 6.87. The van der Waals surface area contributed by atoms with Crippen LogP contribution in [0.25, 0.3) is 0 Å². The monoisotopic (exact) mass is 312 g/mol. The number of nitrogens with two attached hydrogens (primary N) is 1. The van der Waals surface area contributed by atoms with Crippen molar-refractivity contribution in [3.63, 3.8) is 0 Å². The van der Waals surface area contributed by atoms with Crippen LogP contribution in [-0.2, 0) is 19.6 Å². The molecule has 1 saturated heterocycles. The Morgan fingerprint density at radius 1 is 1.33 bits per heavy atom. The highest BCUT2D eigenvalue weighted by molar-refractivity contribution is 7.89. The number of nitrogen functional groups attached to an aromatic ring is 1. The molecule has 0 radical (unpaired) electrons. The fraction of sp³-hybridized carbons (Fsp3) is 0.500. The third kappa shape index (κ3) is 3.36. The Morgan fingerprint density at radius 3 is 2.52 bits per heavy atom. The summed E-state index contributed by atoms with van der Waals surface area (Å²) in [6.07, 6.45) is 0.954. The van der Waals surface area contributed by atoms with Crippen LogP contribution in [0.3, 0.4) is 0 Å². The molecule has 0 spiro atoms. The molecule has 0 saturated carbocycles. The quantitative estimate of drug-likeness (QED) is 0.667. The van der Waals surface area contributed by atoms with Crippen LogP contribution in [0.1, 0.15) is 19.8 Å². The number of anilines is 1. The number of ether oxygens (including phenoxy) is 1. The summed E-state index contributed by atoms with van der Waals surface area (Å²) in [6.45, 7) is 2.72. The molecule has 21 heavy (non-hydrogen) atoms. The Labute approximate surface area is 124 Å². The van der Waals surface area contributed by atoms with E-state index in [0.29, 0.717) is 32.5 Å². The minimum absolute atomic E-state index is 0.125. The van der Waals surface area contributed by atoms with Gasteiger partial charge in [0.05, 0.1) is 18.2 Å². The summed E-state index contributed by atoms with van der Waals surface area (Å²) in [7, 11) is -3.60. The molecule has 1 aromatic carbocycles. The van der Waals surface area contributed by atoms with Gasteiger partial charge in [0.1, 0.15) is 4.90 Å². The van der Waals surface area contributed by atoms with E-state index in [2.05, 4.69) is 0 Å². The van der Waals surface area contributed by atoms with Gasteiger partial charge < -0.3 is 10.5 Å². The van der Waals surface area contributed by atoms with E-state index >= 15 is 0 Å². The Hall–Kier alpha value is -1.60. The first-order valence-electron chi connectivity index (χ1n) is 6.98. The third-order valence-electron chi connectivity index (χ3n) is 3.61. The van der Waals surface area contributed by atoms with Crippen molar-refractivity contribution in [1.82, 2.24) is 4.31 Å². The predicted octanol–water partition coefficient (Wildman–Crippen LogP) is 1.23. The van der Waals surface area contributed by atoms with Gasteiger partial charge in [0.15, 0.2) is 0 Å². The zero-order valence-electron chi connectivity index (χ0n) is 12.0. The third-order valence-corrected chi connectivity index (χ3v) is 5.58. The lowest BCUT2D eigenvalue weighted by molar-refractivity contribution is -0.149. The average Bonchev–Trinajstić information content (AvgIpc) is 2.48. The molecule has 116 valence electrons. The number of sulfonamides is 1. The molecule has 1 aliphatic heterocycles. The normalized spacial score (nSPS) is 17.6. The van der Waals surface area contributed by atoms with Crippen LogP contribution in [0.5, 0.6) is 0 Å². The molecular weight excluding hydrogens is 292 g/mol. The number of nitrogens with zero attached hydrogens (tertiary/aromatic N) is 1. The second-order valence-electron chi connectivity index (χ2n) is 4.97. The van der Waals surface area contributed by atoms with E-state index in [9.17, 15) is 13.2 Å². The van der Waals surface area contributed by atoms with Gasteiger partial charge in [-0.05, 0) is 31.9 Å². The number of carbonyl (C=O) groups is 1. The molecule has 0 bridgehead atoms. The molecule has 0 aliphatic carbocycles. The zero-order valence-corrected chi connectivity index (χ0v) is 12.8. The van der Waals surface area contributed by atoms with Gasteiger partial charge in [-0.3, -0.25) is 4.79 Å². The minimum atomic E-state index is -3.60. The molecule has 0 atom stereocenters. The molecule has 1 aromatic rings. The SMILES string of the molecule is CCOC(=O)C1CCN(S(=O)(=O)c2ccccc2N)CC1. The summed E-state index contributed by atoms with van der Waals surface area (Å²) in [5, 5.41) is 0. The average molecular weight is 312 g/mol. The summed E-state index contributed by atoms with van der Waals surface area (Å²) in [4.78, 5) is 11.8. The highest BCUT2D eigenvalue weighted by Gasteiger charge is 2.33. The van der Waals surface area contributed by atoms with Crippen molar-refractivity contribution in [2.45, 2.75) is 24.7 Å². The number of rotatable bonds is 4. The van der Waals surface area contributed by atoms with Crippen molar-refractivity contribution in [2.24, 2.45) is 5.92 Å². The summed E-state index contributed by atoms with van der Waals surface area (Å²) >= 11 is 0. The fourth-order valence-corrected chi connectivity index (χ4v) is 4.03. The van der Waals surface area contributed by atoms with Crippen molar-refractivity contribution in [1.29, 1.82) is 0 Å². The highest BCUT2D eigenvalue weighted by atomic mass is 32.2. The molecule has 2 N–H and O–H groups in total. The maximum Gasteiger partial charge on any atom is 0.309 e. The van der Waals surface area contributed by atoms with E-state index in [-0.39, 0.29) is 22.5 Å². The van der Waals surface area contributed by atoms with Crippen LogP contribution >= 0.6 is 0 Å². The van der Waals surface area contributed by atoms with E-state index < -0.39 is 10.0 Å². The standard InChI is InChI=1S/C14H20N2O4S/c1-2-20-14(17)11-7-9-16(10-8-11)21(18,19)13-6-4-3-5-12(13)15/h3-6,11H,2,7-10,15H2,1H3. The van der Waals surface area contributed by atoms with Crippen molar-refractivity contribution in [2.75, 3.05) is 25.4 Å². The number of para-hydroxylation sites is 1. The van der Waals surface area contributed by atoms with Crippen LogP contribution in [0, 0.1) is 5.92 Å². The van der Waals surface area contributed by atoms with Gasteiger partial charge in [-0.1, -0.05) is 12.1 Å². The Kier molecular flexibility index (Phi) is 4.84. The van der Waals surface area contributed by atoms with Crippen molar-refractivity contribution >= 4 is 21.7 Å². The number of hydrogen-bond acceptors (Lipinski definition) is 5. The molecule has 7 heteroatoms. The molecule has 0 unspecified atom stereocenters. The first-order valence-corrected chi connectivity index (χ1v) is 8.42. The summed E-state index contributed by atoms with van der Waals surface area (Å²) in [5.41, 5.74) is 5.99. The zero-order chi connectivity index (χ0) is 15.5. The van der Waals surface area contributed by atoms with Gasteiger partial charge in [0, 0.05) is 13.1 Å². The highest BCUT2D eigenvalue weighted by Crippen LogP contribution is 2.27. The molecule has 1 heterocycles. The first-order chi connectivity index (χ1) is 9.96. The second kappa shape index (κ2) is 6.44. The largest absolute Gasteiger partial charge is 0.466 e. The van der Waals surface area contributed by atoms with E-state index in [1.807, 2.05) is 0 Å². The van der Waals surface area contributed by atoms with Crippen LogP contribution in [0.15, 0.2) is 29.2 Å². The number of piperidine rings is 1. The smallest absolute Gasteiger partial charge is 0.309 e. The van der Waals surface area contributed by atoms with Crippen molar-refractivity contribution < 1.29 is 17.9 Å². The van der Waals surface area contributed by atoms with Gasteiger partial charge in [0.25, 0.3) is 0 Å². The Bertz CT molecular complexity index is 607. The van der Waals surface area contributed by atoms with Gasteiger partial charge in [-0.15, -0.1) is 0 Å². The predicted molar refractivity (Wildman–Crippen MR) is 79.0 cm³/mol. The van der Waals surface area contributed by atoms with Crippen molar-refractivity contribution in [3.8, 4) is 0 Å². The number of esters is 1. The molecule has 1 aliphatic rings. The van der Waals surface area contributed by atoms with Crippen molar-refractivity contribution in [3.05, 3.63) is 24.3 Å². The van der Waals surface area contributed by atoms with Crippen LogP contribution in [0.4, 0.5) is 5.69 Å². The van der Waals surface area contributed by atoms with Gasteiger partial charge >= 0.3 is 5.97 Å². The molecule has 6 nitrogen and oxygen atoms in total.